The largest absolute Gasteiger partial charge is 0.480 e. The van der Waals surface area contributed by atoms with Crippen LogP contribution in [0.2, 0.25) is 0 Å². The van der Waals surface area contributed by atoms with E-state index in [-0.39, 0.29) is 0 Å². The van der Waals surface area contributed by atoms with Crippen molar-refractivity contribution in [3.8, 4) is 0 Å². The lowest BCUT2D eigenvalue weighted by atomic mass is 10.3. The van der Waals surface area contributed by atoms with Gasteiger partial charge in [-0.1, -0.05) is 11.8 Å². The van der Waals surface area contributed by atoms with Crippen LogP contribution in [0.5, 0.6) is 0 Å². The van der Waals surface area contributed by atoms with Crippen LogP contribution in [0.3, 0.4) is 0 Å². The van der Waals surface area contributed by atoms with Gasteiger partial charge in [-0.05, 0) is 19.1 Å². The van der Waals surface area contributed by atoms with Crippen molar-refractivity contribution >= 4 is 28.7 Å². The molecule has 0 spiro atoms. The molecule has 2 heterocycles. The molecule has 0 bridgehead atoms. The zero-order valence-corrected chi connectivity index (χ0v) is 8.82. The number of carboxylic acid groups (broad SMARTS) is 1. The zero-order valence-electron chi connectivity index (χ0n) is 8.01. The van der Waals surface area contributed by atoms with Crippen molar-refractivity contribution in [1.82, 2.24) is 4.98 Å². The maximum Gasteiger partial charge on any atom is 0.316 e. The summed E-state index contributed by atoms with van der Waals surface area (Å²) in [5.41, 5.74) is 0.727. The van der Waals surface area contributed by atoms with Gasteiger partial charge in [0.05, 0.1) is 11.6 Å². The third-order valence-electron chi connectivity index (χ3n) is 1.98. The second-order valence-electron chi connectivity index (χ2n) is 3.05. The first-order valence-corrected chi connectivity index (χ1v) is 5.28. The Bertz CT molecular complexity index is 494. The quantitative estimate of drug-likeness (QED) is 0.809. The maximum absolute atomic E-state index is 10.7. The molecule has 0 amide bonds. The van der Waals surface area contributed by atoms with Crippen molar-refractivity contribution in [2.75, 3.05) is 0 Å². The Labute approximate surface area is 90.3 Å². The van der Waals surface area contributed by atoms with Gasteiger partial charge in [0, 0.05) is 6.20 Å². The average Bonchev–Trinajstić information content (AvgIpc) is 2.66. The first-order valence-electron chi connectivity index (χ1n) is 4.40. The third kappa shape index (κ3) is 1.97. The Hall–Kier alpha value is -1.49. The highest BCUT2D eigenvalue weighted by atomic mass is 32.2. The van der Waals surface area contributed by atoms with Crippen molar-refractivity contribution in [2.45, 2.75) is 17.2 Å². The molecule has 4 nitrogen and oxygen atoms in total. The highest BCUT2D eigenvalue weighted by Crippen LogP contribution is 2.29. The summed E-state index contributed by atoms with van der Waals surface area (Å²) in [6.45, 7) is 1.63. The summed E-state index contributed by atoms with van der Waals surface area (Å²) in [4.78, 5) is 14.8. The molecule has 2 rings (SSSR count). The molecule has 0 aliphatic heterocycles. The lowest BCUT2D eigenvalue weighted by molar-refractivity contribution is -0.136. The SMILES string of the molecule is CC(Sc1nccc2occc12)C(=O)O. The van der Waals surface area contributed by atoms with Gasteiger partial charge in [0.25, 0.3) is 0 Å². The van der Waals surface area contributed by atoms with Crippen LogP contribution < -0.4 is 0 Å². The zero-order chi connectivity index (χ0) is 10.8. The number of nitrogens with zero attached hydrogens (tertiary/aromatic N) is 1. The number of aliphatic carboxylic acids is 1. The Morgan fingerprint density at radius 2 is 2.40 bits per heavy atom. The van der Waals surface area contributed by atoms with Crippen LogP contribution in [0.25, 0.3) is 11.0 Å². The standard InChI is InChI=1S/C10H9NO3S/c1-6(10(12)13)15-9-7-3-5-14-8(7)2-4-11-9/h2-6H,1H3,(H,12,13). The predicted octanol–water partition coefficient (Wildman–Crippen LogP) is 2.39. The second-order valence-corrected chi connectivity index (χ2v) is 4.38. The van der Waals surface area contributed by atoms with Crippen molar-refractivity contribution < 1.29 is 14.3 Å². The number of thioether (sulfide) groups is 1. The van der Waals surface area contributed by atoms with Crippen molar-refractivity contribution in [3.63, 3.8) is 0 Å². The summed E-state index contributed by atoms with van der Waals surface area (Å²) in [6.07, 6.45) is 3.19. The summed E-state index contributed by atoms with van der Waals surface area (Å²) >= 11 is 1.22. The van der Waals surface area contributed by atoms with E-state index in [4.69, 9.17) is 9.52 Å². The highest BCUT2D eigenvalue weighted by Gasteiger charge is 2.15. The minimum absolute atomic E-state index is 0.516. The van der Waals surface area contributed by atoms with Gasteiger partial charge in [-0.25, -0.2) is 4.98 Å². The maximum atomic E-state index is 10.7. The number of rotatable bonds is 3. The molecule has 0 fully saturated rings. The number of furan rings is 1. The first-order chi connectivity index (χ1) is 7.18. The van der Waals surface area contributed by atoms with Gasteiger partial charge in [-0.3, -0.25) is 4.79 Å². The number of fused-ring (bicyclic) bond motifs is 1. The smallest absolute Gasteiger partial charge is 0.316 e. The number of hydrogen-bond acceptors (Lipinski definition) is 4. The molecule has 0 aliphatic carbocycles. The van der Waals surface area contributed by atoms with Crippen molar-refractivity contribution in [2.24, 2.45) is 0 Å². The van der Waals surface area contributed by atoms with E-state index >= 15 is 0 Å². The topological polar surface area (TPSA) is 63.3 Å². The molecule has 0 aromatic carbocycles. The molecule has 0 saturated carbocycles. The number of hydrogen-bond donors (Lipinski definition) is 1. The number of pyridine rings is 1. The molecule has 78 valence electrons. The Kier molecular flexibility index (Phi) is 2.64. The van der Waals surface area contributed by atoms with Gasteiger partial charge >= 0.3 is 5.97 Å². The van der Waals surface area contributed by atoms with E-state index in [1.165, 1.54) is 11.8 Å². The van der Waals surface area contributed by atoms with Crippen molar-refractivity contribution in [3.05, 3.63) is 24.6 Å². The number of aromatic nitrogens is 1. The summed E-state index contributed by atoms with van der Waals surface area (Å²) in [5, 5.41) is 9.83. The van der Waals surface area contributed by atoms with Crippen LogP contribution >= 0.6 is 11.8 Å². The predicted molar refractivity (Wildman–Crippen MR) is 57.0 cm³/mol. The van der Waals surface area contributed by atoms with Crippen LogP contribution in [0.4, 0.5) is 0 Å². The van der Waals surface area contributed by atoms with Crippen molar-refractivity contribution in [1.29, 1.82) is 0 Å². The molecule has 0 saturated heterocycles. The van der Waals surface area contributed by atoms with Gasteiger partial charge < -0.3 is 9.52 Å². The minimum atomic E-state index is -0.845. The van der Waals surface area contributed by atoms with Crippen LogP contribution in [0.15, 0.2) is 34.0 Å². The molecule has 0 aliphatic rings. The lowest BCUT2D eigenvalue weighted by Crippen LogP contribution is -2.11. The summed E-state index contributed by atoms with van der Waals surface area (Å²) in [6, 6.07) is 3.55. The highest BCUT2D eigenvalue weighted by molar-refractivity contribution is 8.00. The first kappa shape index (κ1) is 10.0. The van der Waals surface area contributed by atoms with Gasteiger partial charge in [-0.2, -0.15) is 0 Å². The lowest BCUT2D eigenvalue weighted by Gasteiger charge is -2.05. The molecule has 1 N–H and O–H groups in total. The van der Waals surface area contributed by atoms with E-state index in [9.17, 15) is 4.79 Å². The van der Waals surface area contributed by atoms with E-state index in [0.29, 0.717) is 5.03 Å². The number of carbonyl (C=O) groups is 1. The van der Waals surface area contributed by atoms with Gasteiger partial charge in [0.1, 0.15) is 15.9 Å². The second kappa shape index (κ2) is 3.94. The fourth-order valence-corrected chi connectivity index (χ4v) is 2.03. The molecule has 5 heteroatoms. The third-order valence-corrected chi connectivity index (χ3v) is 3.08. The number of carboxylic acids is 1. The molecule has 15 heavy (non-hydrogen) atoms. The van der Waals surface area contributed by atoms with E-state index in [1.807, 2.05) is 0 Å². The Balaban J connectivity index is 2.35. The summed E-state index contributed by atoms with van der Waals surface area (Å²) < 4.78 is 5.20. The van der Waals surface area contributed by atoms with Crippen LogP contribution in [0.1, 0.15) is 6.92 Å². The molecule has 0 radical (unpaired) electrons. The van der Waals surface area contributed by atoms with Crippen LogP contribution in [0, 0.1) is 0 Å². The van der Waals surface area contributed by atoms with Gasteiger partial charge in [0.15, 0.2) is 0 Å². The average molecular weight is 223 g/mol. The van der Waals surface area contributed by atoms with Crippen LogP contribution in [-0.4, -0.2) is 21.3 Å². The molecule has 2 aromatic rings. The van der Waals surface area contributed by atoms with Crippen LogP contribution in [-0.2, 0) is 4.79 Å². The van der Waals surface area contributed by atoms with E-state index in [0.717, 1.165) is 11.0 Å². The monoisotopic (exact) mass is 223 g/mol. The molecular weight excluding hydrogens is 214 g/mol. The van der Waals surface area contributed by atoms with E-state index < -0.39 is 11.2 Å². The Morgan fingerprint density at radius 3 is 3.13 bits per heavy atom. The summed E-state index contributed by atoms with van der Waals surface area (Å²) in [5.74, 6) is -0.845. The van der Waals surface area contributed by atoms with Gasteiger partial charge in [-0.15, -0.1) is 0 Å². The molecular formula is C10H9NO3S. The fraction of sp³-hybridized carbons (Fsp3) is 0.200. The molecule has 1 atom stereocenters. The normalized spacial score (nSPS) is 12.9. The summed E-state index contributed by atoms with van der Waals surface area (Å²) in [7, 11) is 0. The van der Waals surface area contributed by atoms with E-state index in [2.05, 4.69) is 4.98 Å². The molecule has 2 aromatic heterocycles. The van der Waals surface area contributed by atoms with E-state index in [1.54, 1.807) is 31.5 Å². The fourth-order valence-electron chi connectivity index (χ4n) is 1.18. The minimum Gasteiger partial charge on any atom is -0.480 e. The Morgan fingerprint density at radius 1 is 1.60 bits per heavy atom. The van der Waals surface area contributed by atoms with Gasteiger partial charge in [0.2, 0.25) is 0 Å². The molecule has 1 unspecified atom stereocenters.